The van der Waals surface area contributed by atoms with Gasteiger partial charge in [-0.25, -0.2) is 4.79 Å². The maximum atomic E-state index is 11.4. The highest BCUT2D eigenvalue weighted by atomic mass is 127. The fourth-order valence-corrected chi connectivity index (χ4v) is 1.38. The van der Waals surface area contributed by atoms with E-state index in [-0.39, 0.29) is 30.1 Å². The van der Waals surface area contributed by atoms with Crippen LogP contribution in [0.3, 0.4) is 0 Å². The minimum atomic E-state index is -0.353. The molecule has 19 heavy (non-hydrogen) atoms. The van der Waals surface area contributed by atoms with Gasteiger partial charge < -0.3 is 38.1 Å². The third kappa shape index (κ3) is 7.37. The highest BCUT2D eigenvalue weighted by molar-refractivity contribution is 5.69. The molecule has 1 rings (SSSR count). The maximum Gasteiger partial charge on any atom is 0.414 e. The second kappa shape index (κ2) is 7.69. The Morgan fingerprint density at radius 1 is 1.16 bits per heavy atom. The first kappa shape index (κ1) is 18.2. The standard InChI is InChI=1S/C14H23N2O2.HI/c1-15(2)14(17)18-13-8-6-12(7-9-13)10-11-16(3,4)5;/h6-9H,10-11H2,1-5H3;1H/q+1;/p-1. The van der Waals surface area contributed by atoms with Gasteiger partial charge in [-0.2, -0.15) is 0 Å². The third-order valence-electron chi connectivity index (χ3n) is 2.56. The number of carbonyl (C=O) groups excluding carboxylic acids is 1. The molecule has 0 fully saturated rings. The van der Waals surface area contributed by atoms with Crippen LogP contribution in [0, 0.1) is 0 Å². The van der Waals surface area contributed by atoms with Crippen molar-refractivity contribution in [1.29, 1.82) is 0 Å². The van der Waals surface area contributed by atoms with Crippen LogP contribution in [0.25, 0.3) is 0 Å². The van der Waals surface area contributed by atoms with Crippen LogP contribution in [0.15, 0.2) is 24.3 Å². The summed E-state index contributed by atoms with van der Waals surface area (Å²) in [6, 6.07) is 7.70. The fourth-order valence-electron chi connectivity index (χ4n) is 1.38. The average Bonchev–Trinajstić information content (AvgIpc) is 2.27. The molecule has 0 N–H and O–H groups in total. The highest BCUT2D eigenvalue weighted by Crippen LogP contribution is 2.14. The monoisotopic (exact) mass is 378 g/mol. The summed E-state index contributed by atoms with van der Waals surface area (Å²) >= 11 is 0. The summed E-state index contributed by atoms with van der Waals surface area (Å²) in [6.07, 6.45) is 0.667. The number of rotatable bonds is 4. The van der Waals surface area contributed by atoms with Crippen LogP contribution < -0.4 is 28.7 Å². The molecule has 108 valence electrons. The molecule has 0 radical (unpaired) electrons. The molecule has 0 saturated carbocycles. The molecule has 0 saturated heterocycles. The average molecular weight is 378 g/mol. The number of halogens is 1. The Bertz CT molecular complexity index is 397. The van der Waals surface area contributed by atoms with Gasteiger partial charge in [0.1, 0.15) is 5.75 Å². The summed E-state index contributed by atoms with van der Waals surface area (Å²) in [5, 5.41) is 0. The van der Waals surface area contributed by atoms with Gasteiger partial charge in [-0.05, 0) is 17.7 Å². The van der Waals surface area contributed by atoms with Crippen molar-refractivity contribution in [2.45, 2.75) is 6.42 Å². The number of hydrogen-bond acceptors (Lipinski definition) is 2. The lowest BCUT2D eigenvalue weighted by Crippen LogP contribution is -3.00. The van der Waals surface area contributed by atoms with Crippen molar-refractivity contribution >= 4 is 6.09 Å². The number of ether oxygens (including phenoxy) is 1. The number of hydrogen-bond donors (Lipinski definition) is 0. The topological polar surface area (TPSA) is 29.5 Å². The molecule has 0 aliphatic rings. The Balaban J connectivity index is 0.00000324. The summed E-state index contributed by atoms with van der Waals surface area (Å²) in [4.78, 5) is 12.8. The lowest BCUT2D eigenvalue weighted by Gasteiger charge is -2.23. The summed E-state index contributed by atoms with van der Waals surface area (Å²) < 4.78 is 6.10. The van der Waals surface area contributed by atoms with Crippen molar-refractivity contribution in [1.82, 2.24) is 4.90 Å². The number of quaternary nitrogens is 1. The lowest BCUT2D eigenvalue weighted by atomic mass is 10.1. The number of benzene rings is 1. The van der Waals surface area contributed by atoms with Crippen molar-refractivity contribution in [2.24, 2.45) is 0 Å². The first-order valence-electron chi connectivity index (χ1n) is 6.06. The van der Waals surface area contributed by atoms with E-state index in [1.54, 1.807) is 14.1 Å². The van der Waals surface area contributed by atoms with Gasteiger partial charge in [0, 0.05) is 20.5 Å². The van der Waals surface area contributed by atoms with E-state index in [2.05, 4.69) is 21.1 Å². The lowest BCUT2D eigenvalue weighted by molar-refractivity contribution is -0.870. The van der Waals surface area contributed by atoms with E-state index in [9.17, 15) is 4.79 Å². The smallest absolute Gasteiger partial charge is 0.414 e. The van der Waals surface area contributed by atoms with E-state index in [1.807, 2.05) is 24.3 Å². The molecule has 0 aromatic heterocycles. The van der Waals surface area contributed by atoms with Gasteiger partial charge in [-0.1, -0.05) is 12.1 Å². The number of likely N-dealkylation sites (N-methyl/N-ethyl adjacent to an activating group) is 1. The number of nitrogens with zero attached hydrogens (tertiary/aromatic N) is 2. The van der Waals surface area contributed by atoms with E-state index >= 15 is 0 Å². The second-order valence-corrected chi connectivity index (χ2v) is 5.67. The number of amides is 1. The Labute approximate surface area is 132 Å². The molecule has 5 heteroatoms. The Kier molecular flexibility index (Phi) is 7.36. The van der Waals surface area contributed by atoms with E-state index in [4.69, 9.17) is 4.74 Å². The van der Waals surface area contributed by atoms with Crippen LogP contribution in [0.2, 0.25) is 0 Å². The molecule has 4 nitrogen and oxygen atoms in total. The summed E-state index contributed by atoms with van der Waals surface area (Å²) in [6.45, 7) is 1.08. The maximum absolute atomic E-state index is 11.4. The highest BCUT2D eigenvalue weighted by Gasteiger charge is 2.08. The van der Waals surface area contributed by atoms with Gasteiger partial charge in [0.25, 0.3) is 0 Å². The van der Waals surface area contributed by atoms with Crippen LogP contribution in [0.5, 0.6) is 5.75 Å². The van der Waals surface area contributed by atoms with Gasteiger partial charge >= 0.3 is 6.09 Å². The minimum Gasteiger partial charge on any atom is -1.00 e. The van der Waals surface area contributed by atoms with Crippen LogP contribution in [-0.4, -0.2) is 57.3 Å². The zero-order valence-corrected chi connectivity index (χ0v) is 14.5. The molecule has 0 bridgehead atoms. The fraction of sp³-hybridized carbons (Fsp3) is 0.500. The van der Waals surface area contributed by atoms with E-state index < -0.39 is 0 Å². The zero-order chi connectivity index (χ0) is 13.8. The quantitative estimate of drug-likeness (QED) is 0.497. The first-order valence-corrected chi connectivity index (χ1v) is 6.06. The SMILES string of the molecule is CN(C)C(=O)Oc1ccc(CC[N+](C)(C)C)cc1.[I-]. The predicted molar refractivity (Wildman–Crippen MR) is 72.8 cm³/mol. The Hall–Kier alpha value is -0.820. The predicted octanol–water partition coefficient (Wildman–Crippen LogP) is -1.00. The first-order chi connectivity index (χ1) is 8.28. The second-order valence-electron chi connectivity index (χ2n) is 5.67. The number of carbonyl (C=O) groups is 1. The molecule has 0 unspecified atom stereocenters. The van der Waals surface area contributed by atoms with Crippen LogP contribution in [-0.2, 0) is 6.42 Å². The molecule has 0 aliphatic carbocycles. The molecule has 1 amide bonds. The van der Waals surface area contributed by atoms with Crippen molar-refractivity contribution < 1.29 is 38.0 Å². The minimum absolute atomic E-state index is 0. The molecule has 1 aromatic carbocycles. The summed E-state index contributed by atoms with van der Waals surface area (Å²) in [5.41, 5.74) is 1.26. The normalized spacial score (nSPS) is 10.6. The van der Waals surface area contributed by atoms with Crippen LogP contribution in [0.4, 0.5) is 4.79 Å². The van der Waals surface area contributed by atoms with E-state index in [0.717, 1.165) is 17.4 Å². The molecular weight excluding hydrogens is 355 g/mol. The molecule has 0 atom stereocenters. The van der Waals surface area contributed by atoms with Crippen molar-refractivity contribution in [2.75, 3.05) is 41.8 Å². The van der Waals surface area contributed by atoms with Crippen LogP contribution >= 0.6 is 0 Å². The Morgan fingerprint density at radius 3 is 2.11 bits per heavy atom. The van der Waals surface area contributed by atoms with E-state index in [1.165, 1.54) is 10.5 Å². The largest absolute Gasteiger partial charge is 1.00 e. The van der Waals surface area contributed by atoms with Gasteiger partial charge in [0.05, 0.1) is 27.7 Å². The van der Waals surface area contributed by atoms with Gasteiger partial charge in [0.15, 0.2) is 0 Å². The Morgan fingerprint density at radius 2 is 1.68 bits per heavy atom. The molecule has 0 aliphatic heterocycles. The van der Waals surface area contributed by atoms with Crippen molar-refractivity contribution in [3.63, 3.8) is 0 Å². The van der Waals surface area contributed by atoms with Gasteiger partial charge in [0.2, 0.25) is 0 Å². The summed E-state index contributed by atoms with van der Waals surface area (Å²) in [5.74, 6) is 0.586. The van der Waals surface area contributed by atoms with Gasteiger partial charge in [-0.3, -0.25) is 0 Å². The molecule has 1 aromatic rings. The van der Waals surface area contributed by atoms with Crippen LogP contribution in [0.1, 0.15) is 5.56 Å². The third-order valence-corrected chi connectivity index (χ3v) is 2.56. The van der Waals surface area contributed by atoms with Crippen molar-refractivity contribution in [3.05, 3.63) is 29.8 Å². The van der Waals surface area contributed by atoms with E-state index in [0.29, 0.717) is 5.75 Å². The molecule has 0 spiro atoms. The van der Waals surface area contributed by atoms with Gasteiger partial charge in [-0.15, -0.1) is 0 Å². The van der Waals surface area contributed by atoms with Crippen molar-refractivity contribution in [3.8, 4) is 5.75 Å². The zero-order valence-electron chi connectivity index (χ0n) is 12.3. The molecular formula is C14H23IN2O2. The molecule has 0 heterocycles. The summed E-state index contributed by atoms with van der Waals surface area (Å²) in [7, 11) is 9.85.